The first-order chi connectivity index (χ1) is 13.0. The second kappa shape index (κ2) is 9.16. The van der Waals surface area contributed by atoms with Gasteiger partial charge in [-0.2, -0.15) is 0 Å². The summed E-state index contributed by atoms with van der Waals surface area (Å²) in [5, 5.41) is 8.83. The molecule has 5 nitrogen and oxygen atoms in total. The van der Waals surface area contributed by atoms with Crippen LogP contribution in [0.3, 0.4) is 0 Å². The molecule has 3 rings (SSSR count). The topological polar surface area (TPSA) is 74.7 Å². The number of carbonyl (C=O) groups is 3. The average molecular weight is 371 g/mol. The molecule has 1 aliphatic carbocycles. The number of benzene rings is 1. The van der Waals surface area contributed by atoms with Gasteiger partial charge in [0.25, 0.3) is 0 Å². The Bertz CT molecular complexity index is 712. The second-order valence-corrected chi connectivity index (χ2v) is 7.89. The maximum Gasteiger partial charge on any atom is 0.303 e. The van der Waals surface area contributed by atoms with Gasteiger partial charge in [0.05, 0.1) is 0 Å². The van der Waals surface area contributed by atoms with Gasteiger partial charge >= 0.3 is 5.97 Å². The number of piperidine rings is 1. The van der Waals surface area contributed by atoms with Crippen LogP contribution in [0.25, 0.3) is 0 Å². The van der Waals surface area contributed by atoms with Crippen molar-refractivity contribution in [3.05, 3.63) is 34.9 Å². The number of carbonyl (C=O) groups excluding carboxylic acids is 2. The third-order valence-electron chi connectivity index (χ3n) is 5.87. The molecule has 0 spiro atoms. The zero-order valence-electron chi connectivity index (χ0n) is 15.9. The summed E-state index contributed by atoms with van der Waals surface area (Å²) < 4.78 is 0. The molecule has 146 valence electrons. The first kappa shape index (κ1) is 19.6. The minimum Gasteiger partial charge on any atom is -0.481 e. The van der Waals surface area contributed by atoms with Crippen molar-refractivity contribution in [1.29, 1.82) is 0 Å². The fraction of sp³-hybridized carbons (Fsp3) is 0.591. The van der Waals surface area contributed by atoms with E-state index in [9.17, 15) is 14.4 Å². The number of likely N-dealkylation sites (tertiary alicyclic amines) is 1. The van der Waals surface area contributed by atoms with Crippen LogP contribution < -0.4 is 0 Å². The van der Waals surface area contributed by atoms with Crippen molar-refractivity contribution in [2.75, 3.05) is 13.1 Å². The number of aryl methyl sites for hydroxylation is 2. The van der Waals surface area contributed by atoms with Crippen molar-refractivity contribution in [3.63, 3.8) is 0 Å². The van der Waals surface area contributed by atoms with Gasteiger partial charge in [-0.25, -0.2) is 0 Å². The van der Waals surface area contributed by atoms with Crippen LogP contribution in [0.4, 0.5) is 0 Å². The zero-order chi connectivity index (χ0) is 19.2. The van der Waals surface area contributed by atoms with Gasteiger partial charge in [-0.15, -0.1) is 0 Å². The van der Waals surface area contributed by atoms with E-state index in [0.717, 1.165) is 37.8 Å². The highest BCUT2D eigenvalue weighted by molar-refractivity contribution is 5.98. The number of hydrogen-bond donors (Lipinski definition) is 1. The Labute approximate surface area is 160 Å². The lowest BCUT2D eigenvalue weighted by Gasteiger charge is -2.32. The highest BCUT2D eigenvalue weighted by Crippen LogP contribution is 2.24. The molecular weight excluding hydrogens is 342 g/mol. The zero-order valence-corrected chi connectivity index (χ0v) is 15.9. The number of carboxylic acid groups (broad SMARTS) is 1. The summed E-state index contributed by atoms with van der Waals surface area (Å²) >= 11 is 0. The highest BCUT2D eigenvalue weighted by Gasteiger charge is 2.24. The molecule has 0 aromatic heterocycles. The normalized spacial score (nSPS) is 19.4. The minimum atomic E-state index is -0.783. The molecule has 1 aliphatic heterocycles. The van der Waals surface area contributed by atoms with Gasteiger partial charge in [0.15, 0.2) is 5.78 Å². The highest BCUT2D eigenvalue weighted by atomic mass is 16.4. The lowest BCUT2D eigenvalue weighted by atomic mass is 9.89. The van der Waals surface area contributed by atoms with Crippen molar-refractivity contribution in [3.8, 4) is 0 Å². The maximum absolute atomic E-state index is 12.5. The molecule has 27 heavy (non-hydrogen) atoms. The Morgan fingerprint density at radius 2 is 1.78 bits per heavy atom. The molecule has 1 saturated heterocycles. The van der Waals surface area contributed by atoms with E-state index in [0.29, 0.717) is 13.0 Å². The van der Waals surface area contributed by atoms with Crippen LogP contribution in [0.15, 0.2) is 18.2 Å². The summed E-state index contributed by atoms with van der Waals surface area (Å²) in [6.07, 6.45) is 7.69. The molecule has 0 radical (unpaired) electrons. The molecule has 1 aromatic carbocycles. The smallest absolute Gasteiger partial charge is 0.303 e. The van der Waals surface area contributed by atoms with Crippen molar-refractivity contribution in [2.45, 2.75) is 64.2 Å². The number of carboxylic acids is 1. The minimum absolute atomic E-state index is 0.0151. The standard InChI is InChI=1S/C22H29NO4/c24-20(19-9-8-17-5-1-2-6-18(17)14-19)10-11-21(25)23-13-3-4-16(15-23)7-12-22(26)27/h8-9,14,16H,1-7,10-13,15H2,(H,26,27). The SMILES string of the molecule is O=C(O)CCC1CCCN(C(=O)CCC(=O)c2ccc3c(c2)CCCC3)C1. The summed E-state index contributed by atoms with van der Waals surface area (Å²) in [6.45, 7) is 1.34. The molecule has 1 heterocycles. The Balaban J connectivity index is 1.49. The van der Waals surface area contributed by atoms with E-state index < -0.39 is 5.97 Å². The van der Waals surface area contributed by atoms with Crippen LogP contribution in [0.5, 0.6) is 0 Å². The number of aliphatic carboxylic acids is 1. The third-order valence-corrected chi connectivity index (χ3v) is 5.87. The summed E-state index contributed by atoms with van der Waals surface area (Å²) in [4.78, 5) is 37.6. The first-order valence-electron chi connectivity index (χ1n) is 10.2. The van der Waals surface area contributed by atoms with E-state index in [-0.39, 0.29) is 36.9 Å². The maximum atomic E-state index is 12.5. The van der Waals surface area contributed by atoms with Crippen molar-refractivity contribution in [1.82, 2.24) is 4.90 Å². The number of fused-ring (bicyclic) bond motifs is 1. The fourth-order valence-electron chi connectivity index (χ4n) is 4.28. The Morgan fingerprint density at radius 3 is 2.56 bits per heavy atom. The summed E-state index contributed by atoms with van der Waals surface area (Å²) in [5.41, 5.74) is 3.37. The van der Waals surface area contributed by atoms with E-state index in [4.69, 9.17) is 5.11 Å². The summed E-state index contributed by atoms with van der Waals surface area (Å²) in [6, 6.07) is 5.99. The van der Waals surface area contributed by atoms with Crippen LogP contribution in [0.2, 0.25) is 0 Å². The van der Waals surface area contributed by atoms with Crippen LogP contribution in [-0.2, 0) is 22.4 Å². The number of Topliss-reactive ketones (excluding diaryl/α,β-unsaturated/α-hetero) is 1. The van der Waals surface area contributed by atoms with Gasteiger partial charge in [0, 0.05) is 37.9 Å². The van der Waals surface area contributed by atoms with Gasteiger partial charge < -0.3 is 10.0 Å². The molecule has 1 fully saturated rings. The van der Waals surface area contributed by atoms with E-state index in [1.807, 2.05) is 17.0 Å². The van der Waals surface area contributed by atoms with Gasteiger partial charge in [0.2, 0.25) is 5.91 Å². The molecule has 1 amide bonds. The molecule has 1 unspecified atom stereocenters. The number of rotatable bonds is 7. The largest absolute Gasteiger partial charge is 0.481 e. The first-order valence-corrected chi connectivity index (χ1v) is 10.2. The molecule has 2 aliphatic rings. The predicted octanol–water partition coefficient (Wildman–Crippen LogP) is 3.63. The quantitative estimate of drug-likeness (QED) is 0.743. The van der Waals surface area contributed by atoms with E-state index in [1.54, 1.807) is 0 Å². The number of hydrogen-bond acceptors (Lipinski definition) is 3. The summed E-state index contributed by atoms with van der Waals surface area (Å²) in [7, 11) is 0. The molecule has 1 atom stereocenters. The Hall–Kier alpha value is -2.17. The third kappa shape index (κ3) is 5.41. The lowest BCUT2D eigenvalue weighted by Crippen LogP contribution is -2.40. The van der Waals surface area contributed by atoms with Crippen molar-refractivity contribution in [2.24, 2.45) is 5.92 Å². The number of ketones is 1. The molecule has 1 aromatic rings. The van der Waals surface area contributed by atoms with Crippen LogP contribution in [0, 0.1) is 5.92 Å². The van der Waals surface area contributed by atoms with Crippen molar-refractivity contribution < 1.29 is 19.5 Å². The van der Waals surface area contributed by atoms with E-state index >= 15 is 0 Å². The molecule has 0 bridgehead atoms. The fourth-order valence-corrected chi connectivity index (χ4v) is 4.28. The van der Waals surface area contributed by atoms with Crippen LogP contribution in [-0.4, -0.2) is 40.8 Å². The van der Waals surface area contributed by atoms with Gasteiger partial charge in [0.1, 0.15) is 0 Å². The van der Waals surface area contributed by atoms with Gasteiger partial charge in [-0.3, -0.25) is 14.4 Å². The van der Waals surface area contributed by atoms with E-state index in [2.05, 4.69) is 6.07 Å². The molecule has 1 N–H and O–H groups in total. The Morgan fingerprint density at radius 1 is 1.00 bits per heavy atom. The van der Waals surface area contributed by atoms with Crippen LogP contribution >= 0.6 is 0 Å². The van der Waals surface area contributed by atoms with Crippen molar-refractivity contribution >= 4 is 17.7 Å². The predicted molar refractivity (Wildman–Crippen MR) is 103 cm³/mol. The molecular formula is C22H29NO4. The molecule has 0 saturated carbocycles. The van der Waals surface area contributed by atoms with E-state index in [1.165, 1.54) is 24.0 Å². The Kier molecular flexibility index (Phi) is 6.64. The van der Waals surface area contributed by atoms with Crippen LogP contribution in [0.1, 0.15) is 72.9 Å². The van der Waals surface area contributed by atoms with Gasteiger partial charge in [-0.05, 0) is 68.1 Å². The average Bonchev–Trinajstić information content (AvgIpc) is 2.70. The summed E-state index contributed by atoms with van der Waals surface area (Å²) in [5.74, 6) is -0.471. The number of amides is 1. The molecule has 5 heteroatoms. The second-order valence-electron chi connectivity index (χ2n) is 7.89. The lowest BCUT2D eigenvalue weighted by molar-refractivity contribution is -0.137. The van der Waals surface area contributed by atoms with Gasteiger partial charge in [-0.1, -0.05) is 12.1 Å². The monoisotopic (exact) mass is 371 g/mol. The number of nitrogens with zero attached hydrogens (tertiary/aromatic N) is 1.